The topological polar surface area (TPSA) is 132 Å². The number of nitrogens with zero attached hydrogens (tertiary/aromatic N) is 5. The van der Waals surface area contributed by atoms with Crippen LogP contribution >= 0.6 is 11.6 Å². The summed E-state index contributed by atoms with van der Waals surface area (Å²) in [7, 11) is 1.58. The highest BCUT2D eigenvalue weighted by Crippen LogP contribution is 2.39. The molecule has 13 heteroatoms. The van der Waals surface area contributed by atoms with Crippen LogP contribution in [0.3, 0.4) is 0 Å². The Balaban J connectivity index is 1.38. The van der Waals surface area contributed by atoms with Gasteiger partial charge >= 0.3 is 5.69 Å². The number of carbonyl (C=O) groups is 2. The maximum atomic E-state index is 15.0. The van der Waals surface area contributed by atoms with Gasteiger partial charge in [0, 0.05) is 37.3 Å². The van der Waals surface area contributed by atoms with Gasteiger partial charge in [-0.1, -0.05) is 22.8 Å². The van der Waals surface area contributed by atoms with Gasteiger partial charge in [0.1, 0.15) is 18.5 Å². The summed E-state index contributed by atoms with van der Waals surface area (Å²) in [6, 6.07) is 8.86. The first-order valence-electron chi connectivity index (χ1n) is 12.9. The van der Waals surface area contributed by atoms with Crippen LogP contribution in [-0.4, -0.2) is 63.3 Å². The molecule has 2 N–H and O–H groups in total. The van der Waals surface area contributed by atoms with Crippen LogP contribution in [0.4, 0.5) is 10.2 Å². The second-order valence-electron chi connectivity index (χ2n) is 10.1. The summed E-state index contributed by atoms with van der Waals surface area (Å²) in [4.78, 5) is 54.4. The zero-order valence-corrected chi connectivity index (χ0v) is 23.6. The fraction of sp³-hybridized carbons (Fsp3) is 0.321. The van der Waals surface area contributed by atoms with E-state index in [1.165, 1.54) is 34.4 Å². The molecule has 41 heavy (non-hydrogen) atoms. The van der Waals surface area contributed by atoms with E-state index in [2.05, 4.69) is 10.1 Å². The number of halogens is 2. The molecule has 2 aliphatic heterocycles. The van der Waals surface area contributed by atoms with Crippen molar-refractivity contribution >= 4 is 34.9 Å². The number of likely N-dealkylation sites (N-methyl/N-ethyl adjacent to an activating group) is 2. The molecule has 3 aromatic rings. The third kappa shape index (κ3) is 5.04. The third-order valence-electron chi connectivity index (χ3n) is 7.35. The van der Waals surface area contributed by atoms with Crippen LogP contribution in [0.2, 0.25) is 5.02 Å². The van der Waals surface area contributed by atoms with Gasteiger partial charge < -0.3 is 15.5 Å². The minimum atomic E-state index is -1.02. The number of benzene rings is 2. The van der Waals surface area contributed by atoms with E-state index in [1.807, 2.05) is 6.07 Å². The molecule has 2 aromatic carbocycles. The molecule has 11 nitrogen and oxygen atoms in total. The van der Waals surface area contributed by atoms with Gasteiger partial charge in [0.25, 0.3) is 11.8 Å². The van der Waals surface area contributed by atoms with E-state index in [9.17, 15) is 18.8 Å². The highest BCUT2D eigenvalue weighted by molar-refractivity contribution is 6.31. The maximum absolute atomic E-state index is 15.0. The minimum Gasteiger partial charge on any atom is -0.384 e. The van der Waals surface area contributed by atoms with Crippen molar-refractivity contribution in [1.29, 1.82) is 0 Å². The van der Waals surface area contributed by atoms with Gasteiger partial charge in [-0.15, -0.1) is 0 Å². The Labute approximate surface area is 239 Å². The Kier molecular flexibility index (Phi) is 7.30. The van der Waals surface area contributed by atoms with Crippen LogP contribution in [0.25, 0.3) is 5.69 Å². The largest absolute Gasteiger partial charge is 0.384 e. The molecule has 2 aliphatic rings. The average Bonchev–Trinajstić information content (AvgIpc) is 3.52. The molecule has 3 heterocycles. The Bertz CT molecular complexity index is 1660. The summed E-state index contributed by atoms with van der Waals surface area (Å²) < 4.78 is 16.0. The lowest BCUT2D eigenvalue weighted by molar-refractivity contribution is -0.160. The van der Waals surface area contributed by atoms with Crippen LogP contribution in [0.15, 0.2) is 52.5 Å². The molecule has 2 amide bonds. The number of aromatic nitrogens is 2. The zero-order valence-electron chi connectivity index (χ0n) is 22.9. The van der Waals surface area contributed by atoms with E-state index in [1.54, 1.807) is 40.0 Å². The minimum absolute atomic E-state index is 0.0110. The predicted molar refractivity (Wildman–Crippen MR) is 149 cm³/mol. The van der Waals surface area contributed by atoms with Crippen LogP contribution in [0.5, 0.6) is 0 Å². The van der Waals surface area contributed by atoms with E-state index in [4.69, 9.17) is 27.0 Å². The van der Waals surface area contributed by atoms with Crippen LogP contribution in [-0.2, 0) is 20.1 Å². The van der Waals surface area contributed by atoms with Crippen molar-refractivity contribution in [3.05, 3.63) is 86.2 Å². The van der Waals surface area contributed by atoms with Gasteiger partial charge in [0.15, 0.2) is 11.4 Å². The Morgan fingerprint density at radius 3 is 2.68 bits per heavy atom. The molecule has 2 atom stereocenters. The number of carbonyl (C=O) groups excluding carboxylic acids is 2. The maximum Gasteiger partial charge on any atom is 0.354 e. The summed E-state index contributed by atoms with van der Waals surface area (Å²) in [6.45, 7) is 5.89. The van der Waals surface area contributed by atoms with E-state index in [0.717, 1.165) is 10.1 Å². The summed E-state index contributed by atoms with van der Waals surface area (Å²) >= 11 is 6.22. The van der Waals surface area contributed by atoms with Crippen molar-refractivity contribution in [3.63, 3.8) is 0 Å². The highest BCUT2D eigenvalue weighted by atomic mass is 35.5. The molecule has 1 aromatic heterocycles. The molecule has 1 saturated heterocycles. The Hall–Kier alpha value is -4.29. The quantitative estimate of drug-likeness (QED) is 0.472. The SMILES string of the molecule is CCN1OCC(N(C)C(=O)c2ccc(C3=NOC(C)(c4cc(Cl)c(F)c(-n5ccc(N)nc5=O)c4)C3)cc2C)C1=O. The molecule has 2 unspecified atom stereocenters. The standard InChI is InChI=1S/C28H28ClFN6O5/c1-5-36-26(38)22(14-40-36)34(4)25(37)18-7-6-16(10-15(18)2)20-13-28(3,41-33-20)17-11-19(29)24(30)21(12-17)35-9-8-23(31)32-27(35)39/h6-12,22H,5,13-14H2,1-4H3,(H2,31,32,39). The van der Waals surface area contributed by atoms with Crippen molar-refractivity contribution in [2.24, 2.45) is 5.16 Å². The number of nitrogens with two attached hydrogens (primary N) is 1. The molecule has 0 spiro atoms. The first-order chi connectivity index (χ1) is 19.4. The number of hydrogen-bond acceptors (Lipinski definition) is 8. The third-order valence-corrected chi connectivity index (χ3v) is 7.63. The molecule has 214 valence electrons. The number of anilines is 1. The number of hydrogen-bond donors (Lipinski definition) is 1. The highest BCUT2D eigenvalue weighted by Gasteiger charge is 2.39. The fourth-order valence-corrected chi connectivity index (χ4v) is 5.12. The molecule has 0 radical (unpaired) electrons. The summed E-state index contributed by atoms with van der Waals surface area (Å²) in [5.74, 6) is -1.34. The van der Waals surface area contributed by atoms with Crippen LogP contribution < -0.4 is 11.4 Å². The molecule has 0 bridgehead atoms. The van der Waals surface area contributed by atoms with Gasteiger partial charge in [-0.25, -0.2) is 14.2 Å². The van der Waals surface area contributed by atoms with Crippen molar-refractivity contribution in [2.45, 2.75) is 38.8 Å². The average molecular weight is 583 g/mol. The molecule has 0 saturated carbocycles. The number of oxime groups is 1. The summed E-state index contributed by atoms with van der Waals surface area (Å²) in [6.07, 6.45) is 1.62. The van der Waals surface area contributed by atoms with Gasteiger partial charge in [0.2, 0.25) is 0 Å². The number of hydroxylamine groups is 2. The van der Waals surface area contributed by atoms with Crippen LogP contribution in [0.1, 0.15) is 47.3 Å². The first-order valence-corrected chi connectivity index (χ1v) is 13.2. The van der Waals surface area contributed by atoms with E-state index in [0.29, 0.717) is 35.4 Å². The summed E-state index contributed by atoms with van der Waals surface area (Å²) in [5.41, 5.74) is 6.66. The predicted octanol–water partition coefficient (Wildman–Crippen LogP) is 3.19. The fourth-order valence-electron chi connectivity index (χ4n) is 4.91. The van der Waals surface area contributed by atoms with Gasteiger partial charge in [-0.2, -0.15) is 4.98 Å². The van der Waals surface area contributed by atoms with Crippen molar-refractivity contribution in [2.75, 3.05) is 25.9 Å². The normalized spacial score (nSPS) is 20.2. The van der Waals surface area contributed by atoms with Crippen molar-refractivity contribution in [3.8, 4) is 5.69 Å². The molecule has 0 aliphatic carbocycles. The molecular weight excluding hydrogens is 555 g/mol. The van der Waals surface area contributed by atoms with Gasteiger partial charge in [-0.05, 0) is 62.2 Å². The lowest BCUT2D eigenvalue weighted by atomic mass is 9.88. The van der Waals surface area contributed by atoms with E-state index >= 15 is 0 Å². The first kappa shape index (κ1) is 28.2. The van der Waals surface area contributed by atoms with Crippen LogP contribution in [0, 0.1) is 12.7 Å². The second kappa shape index (κ2) is 10.6. The molecular formula is C28H28ClFN6O5. The van der Waals surface area contributed by atoms with Gasteiger partial charge in [0.05, 0.1) is 16.4 Å². The number of aryl methyl sites for hydroxylation is 1. The van der Waals surface area contributed by atoms with Gasteiger partial charge in [-0.3, -0.25) is 19.0 Å². The lowest BCUT2D eigenvalue weighted by Crippen LogP contribution is -2.44. The van der Waals surface area contributed by atoms with E-state index < -0.39 is 23.1 Å². The monoisotopic (exact) mass is 582 g/mol. The number of rotatable bonds is 6. The molecule has 5 rings (SSSR count). The number of amides is 2. The Morgan fingerprint density at radius 1 is 1.27 bits per heavy atom. The lowest BCUT2D eigenvalue weighted by Gasteiger charge is -2.24. The zero-order chi connectivity index (χ0) is 29.6. The summed E-state index contributed by atoms with van der Waals surface area (Å²) in [5, 5.41) is 5.33. The Morgan fingerprint density at radius 2 is 2.02 bits per heavy atom. The van der Waals surface area contributed by atoms with Crippen molar-refractivity contribution < 1.29 is 23.7 Å². The van der Waals surface area contributed by atoms with E-state index in [-0.39, 0.29) is 34.9 Å². The molecule has 1 fully saturated rings. The van der Waals surface area contributed by atoms with Crippen molar-refractivity contribution in [1.82, 2.24) is 19.5 Å². The smallest absolute Gasteiger partial charge is 0.354 e. The second-order valence-corrected chi connectivity index (χ2v) is 10.5. The number of nitrogen functional groups attached to an aromatic ring is 1.